The van der Waals surface area contributed by atoms with Crippen LogP contribution in [0.4, 0.5) is 11.4 Å². The van der Waals surface area contributed by atoms with Gasteiger partial charge in [-0.25, -0.2) is 0 Å². The van der Waals surface area contributed by atoms with Gasteiger partial charge in [0, 0.05) is 29.0 Å². The Balaban J connectivity index is 1.48. The van der Waals surface area contributed by atoms with Crippen molar-refractivity contribution >= 4 is 28.9 Å². The van der Waals surface area contributed by atoms with Crippen molar-refractivity contribution in [1.29, 1.82) is 0 Å². The molecule has 5 rings (SSSR count). The molecule has 0 aromatic heterocycles. The van der Waals surface area contributed by atoms with Gasteiger partial charge in [-0.15, -0.1) is 0 Å². The van der Waals surface area contributed by atoms with E-state index in [-0.39, 0.29) is 17.7 Å². The Bertz CT molecular complexity index is 1080. The predicted molar refractivity (Wildman–Crippen MR) is 112 cm³/mol. The minimum absolute atomic E-state index is 0.0498. The van der Waals surface area contributed by atoms with Crippen LogP contribution in [0.5, 0.6) is 11.5 Å². The number of methoxy groups -OCH3 is 1. The highest BCUT2D eigenvalue weighted by molar-refractivity contribution is 6.35. The Morgan fingerprint density at radius 2 is 2.00 bits per heavy atom. The summed E-state index contributed by atoms with van der Waals surface area (Å²) < 4.78 is 11.8. The maximum atomic E-state index is 12.5. The van der Waals surface area contributed by atoms with E-state index in [4.69, 9.17) is 9.47 Å². The first-order valence-corrected chi connectivity index (χ1v) is 10.2. The number of hydrogen-bond acceptors (Lipinski definition) is 5. The summed E-state index contributed by atoms with van der Waals surface area (Å²) in [5, 5.41) is 13.9. The quantitative estimate of drug-likeness (QED) is 0.443. The van der Waals surface area contributed by atoms with Gasteiger partial charge in [-0.1, -0.05) is 6.07 Å². The molecule has 1 N–H and O–H groups in total. The molecule has 2 fully saturated rings. The number of fused-ring (bicyclic) bond motifs is 3. The van der Waals surface area contributed by atoms with Crippen LogP contribution in [0.15, 0.2) is 36.4 Å². The Labute approximate surface area is 173 Å². The average molecular weight is 406 g/mol. The van der Waals surface area contributed by atoms with E-state index in [0.29, 0.717) is 34.2 Å². The zero-order chi connectivity index (χ0) is 20.8. The first-order chi connectivity index (χ1) is 14.5. The number of nitrogens with one attached hydrogen (secondary N) is 1. The number of nitro benzene ring substituents is 1. The van der Waals surface area contributed by atoms with E-state index in [1.54, 1.807) is 19.3 Å². The lowest BCUT2D eigenvalue weighted by atomic mass is 9.97. The number of anilines is 1. The molecule has 7 nitrogen and oxygen atoms in total. The van der Waals surface area contributed by atoms with Crippen LogP contribution in [0.25, 0.3) is 11.6 Å². The molecule has 3 atom stereocenters. The molecule has 0 radical (unpaired) electrons. The summed E-state index contributed by atoms with van der Waals surface area (Å²) in [4.78, 5) is 23.2. The fourth-order valence-electron chi connectivity index (χ4n) is 4.97. The lowest BCUT2D eigenvalue weighted by molar-refractivity contribution is -0.384. The Morgan fingerprint density at radius 3 is 2.70 bits per heavy atom. The third kappa shape index (κ3) is 3.20. The molecular formula is C23H22N2O5. The monoisotopic (exact) mass is 406 g/mol. The minimum Gasteiger partial charge on any atom is -0.493 e. The van der Waals surface area contributed by atoms with Crippen LogP contribution in [0.1, 0.15) is 36.8 Å². The molecule has 0 spiro atoms. The number of ether oxygens (including phenoxy) is 2. The molecule has 2 saturated carbocycles. The van der Waals surface area contributed by atoms with Gasteiger partial charge in [0.25, 0.3) is 11.6 Å². The summed E-state index contributed by atoms with van der Waals surface area (Å²) in [7, 11) is 1.61. The number of nitrogens with zero attached hydrogens (tertiary/aromatic N) is 1. The second-order valence-electron chi connectivity index (χ2n) is 8.24. The second kappa shape index (κ2) is 7.16. The lowest BCUT2D eigenvalue weighted by Crippen LogP contribution is -2.23. The molecule has 3 aliphatic rings. The van der Waals surface area contributed by atoms with Crippen molar-refractivity contribution in [3.63, 3.8) is 0 Å². The number of non-ortho nitro benzene ring substituents is 1. The molecular weight excluding hydrogens is 384 g/mol. The summed E-state index contributed by atoms with van der Waals surface area (Å²) in [6, 6.07) is 9.93. The number of carbonyl (C=O) groups is 1. The topological polar surface area (TPSA) is 90.7 Å². The normalized spacial score (nSPS) is 25.3. The molecule has 1 heterocycles. The van der Waals surface area contributed by atoms with Crippen LogP contribution >= 0.6 is 0 Å². The van der Waals surface area contributed by atoms with Gasteiger partial charge >= 0.3 is 0 Å². The van der Waals surface area contributed by atoms with Crippen LogP contribution < -0.4 is 14.8 Å². The predicted octanol–water partition coefficient (Wildman–Crippen LogP) is 4.66. The number of nitro groups is 1. The smallest absolute Gasteiger partial charge is 0.270 e. The zero-order valence-corrected chi connectivity index (χ0v) is 16.6. The van der Waals surface area contributed by atoms with Crippen molar-refractivity contribution in [2.24, 2.45) is 11.8 Å². The highest BCUT2D eigenvalue weighted by Crippen LogP contribution is 2.47. The minimum atomic E-state index is -0.463. The van der Waals surface area contributed by atoms with Crippen molar-refractivity contribution in [3.8, 4) is 11.5 Å². The molecule has 7 heteroatoms. The summed E-state index contributed by atoms with van der Waals surface area (Å²) in [6.07, 6.45) is 6.79. The standard InChI is InChI=1S/C23H22N2O5/c1-29-20-7-3-14(11-22(20)30-21-10-13-2-4-15(21)8-13)9-18-17-12-16(25(27)28)5-6-19(17)24-23(18)26/h3,5-7,9,11-13,15,21H,2,4,8,10H2,1H3,(H,24,26)/b18-9+/t13-,15+,21+/m1/s1. The van der Waals surface area contributed by atoms with E-state index >= 15 is 0 Å². The van der Waals surface area contributed by atoms with Crippen LogP contribution in [0, 0.1) is 22.0 Å². The van der Waals surface area contributed by atoms with Crippen molar-refractivity contribution in [1.82, 2.24) is 0 Å². The van der Waals surface area contributed by atoms with Crippen molar-refractivity contribution in [3.05, 3.63) is 57.6 Å². The summed E-state index contributed by atoms with van der Waals surface area (Å²) in [5.74, 6) is 2.42. The molecule has 1 aliphatic heterocycles. The Hall–Kier alpha value is -3.35. The van der Waals surface area contributed by atoms with E-state index in [1.807, 2.05) is 18.2 Å². The number of rotatable bonds is 5. The largest absolute Gasteiger partial charge is 0.493 e. The van der Waals surface area contributed by atoms with Gasteiger partial charge in [0.05, 0.1) is 12.0 Å². The van der Waals surface area contributed by atoms with Crippen LogP contribution in [0.3, 0.4) is 0 Å². The van der Waals surface area contributed by atoms with Crippen LogP contribution in [0.2, 0.25) is 0 Å². The number of carbonyl (C=O) groups excluding carboxylic acids is 1. The van der Waals surface area contributed by atoms with E-state index in [1.165, 1.54) is 31.4 Å². The lowest BCUT2D eigenvalue weighted by Gasteiger charge is -2.24. The van der Waals surface area contributed by atoms with Gasteiger partial charge in [0.1, 0.15) is 6.10 Å². The molecule has 2 bridgehead atoms. The zero-order valence-electron chi connectivity index (χ0n) is 16.6. The molecule has 30 heavy (non-hydrogen) atoms. The fraction of sp³-hybridized carbons (Fsp3) is 0.348. The summed E-state index contributed by atoms with van der Waals surface area (Å²) in [5.41, 5.74) is 2.22. The summed E-state index contributed by atoms with van der Waals surface area (Å²) >= 11 is 0. The fourth-order valence-corrected chi connectivity index (χ4v) is 4.97. The molecule has 0 unspecified atom stereocenters. The third-order valence-corrected chi connectivity index (χ3v) is 6.45. The van der Waals surface area contributed by atoms with Gasteiger partial charge in [0.15, 0.2) is 11.5 Å². The highest BCUT2D eigenvalue weighted by atomic mass is 16.6. The number of benzene rings is 2. The van der Waals surface area contributed by atoms with Crippen LogP contribution in [-0.4, -0.2) is 24.0 Å². The van der Waals surface area contributed by atoms with E-state index in [0.717, 1.165) is 17.9 Å². The number of hydrogen-bond donors (Lipinski definition) is 1. The maximum Gasteiger partial charge on any atom is 0.270 e. The summed E-state index contributed by atoms with van der Waals surface area (Å²) in [6.45, 7) is 0. The van der Waals surface area contributed by atoms with Crippen molar-refractivity contribution < 1.29 is 19.2 Å². The van der Waals surface area contributed by atoms with Gasteiger partial charge in [0.2, 0.25) is 0 Å². The van der Waals surface area contributed by atoms with Gasteiger partial charge < -0.3 is 14.8 Å². The highest BCUT2D eigenvalue weighted by Gasteiger charge is 2.41. The molecule has 2 aromatic rings. The molecule has 2 aliphatic carbocycles. The molecule has 2 aromatic carbocycles. The van der Waals surface area contributed by atoms with Gasteiger partial charge in [-0.3, -0.25) is 14.9 Å². The molecule has 0 saturated heterocycles. The van der Waals surface area contributed by atoms with Gasteiger partial charge in [-0.2, -0.15) is 0 Å². The first-order valence-electron chi connectivity index (χ1n) is 10.2. The van der Waals surface area contributed by atoms with Crippen LogP contribution in [-0.2, 0) is 4.79 Å². The number of amides is 1. The van der Waals surface area contributed by atoms with Gasteiger partial charge in [-0.05, 0) is 67.4 Å². The van der Waals surface area contributed by atoms with Crippen molar-refractivity contribution in [2.75, 3.05) is 12.4 Å². The second-order valence-corrected chi connectivity index (χ2v) is 8.24. The maximum absolute atomic E-state index is 12.5. The Kier molecular flexibility index (Phi) is 4.46. The van der Waals surface area contributed by atoms with E-state index < -0.39 is 4.92 Å². The SMILES string of the molecule is COc1ccc(/C=C2/C(=O)Nc3ccc([N+](=O)[O-])cc32)cc1O[C@H]1C[C@@H]2CC[C@H]1C2. The molecule has 1 amide bonds. The third-order valence-electron chi connectivity index (χ3n) is 6.45. The van der Waals surface area contributed by atoms with E-state index in [2.05, 4.69) is 5.32 Å². The van der Waals surface area contributed by atoms with E-state index in [9.17, 15) is 14.9 Å². The first kappa shape index (κ1) is 18.7. The molecule has 154 valence electrons. The van der Waals surface area contributed by atoms with Crippen molar-refractivity contribution in [2.45, 2.75) is 31.8 Å². The average Bonchev–Trinajstić information content (AvgIpc) is 3.43. The Morgan fingerprint density at radius 1 is 1.13 bits per heavy atom.